The fourth-order valence-electron chi connectivity index (χ4n) is 2.53. The Hall–Kier alpha value is -2.68. The minimum Gasteiger partial charge on any atom is -0.368 e. The summed E-state index contributed by atoms with van der Waals surface area (Å²) in [6, 6.07) is 4.25. The Morgan fingerprint density at radius 2 is 2.12 bits per heavy atom. The van der Waals surface area contributed by atoms with Crippen LogP contribution in [0, 0.1) is 6.92 Å². The van der Waals surface area contributed by atoms with Crippen LogP contribution < -0.4 is 16.0 Å². The Morgan fingerprint density at radius 3 is 2.88 bits per heavy atom. The Bertz CT molecular complexity index is 882. The predicted octanol–water partition coefficient (Wildman–Crippen LogP) is 1.90. The smallest absolute Gasteiger partial charge is 0.191 e. The molecule has 0 radical (unpaired) electrons. The first-order chi connectivity index (χ1) is 12.7. The van der Waals surface area contributed by atoms with Gasteiger partial charge in [0.1, 0.15) is 12.1 Å². The van der Waals surface area contributed by atoms with Crippen LogP contribution >= 0.6 is 11.3 Å². The molecule has 0 atom stereocenters. The zero-order chi connectivity index (χ0) is 18.4. The van der Waals surface area contributed by atoms with Crippen LogP contribution in [-0.4, -0.2) is 45.3 Å². The van der Waals surface area contributed by atoms with Gasteiger partial charge >= 0.3 is 0 Å². The van der Waals surface area contributed by atoms with Crippen molar-refractivity contribution in [3.63, 3.8) is 0 Å². The average molecular weight is 373 g/mol. The van der Waals surface area contributed by atoms with Gasteiger partial charge in [-0.3, -0.25) is 4.68 Å². The van der Waals surface area contributed by atoms with E-state index in [-0.39, 0.29) is 0 Å². The first kappa shape index (κ1) is 18.1. The topological polar surface area (TPSA) is 92.1 Å². The van der Waals surface area contributed by atoms with Crippen molar-refractivity contribution in [1.29, 1.82) is 0 Å². The minimum absolute atomic E-state index is 0.684. The summed E-state index contributed by atoms with van der Waals surface area (Å²) < 4.78 is 1.74. The first-order valence-corrected chi connectivity index (χ1v) is 9.43. The molecule has 0 saturated heterocycles. The third-order valence-corrected chi connectivity index (χ3v) is 4.76. The fourth-order valence-corrected chi connectivity index (χ4v) is 3.35. The summed E-state index contributed by atoms with van der Waals surface area (Å²) in [6.07, 6.45) is 3.33. The SMILES string of the molecule is CCNC(=NCc1ccc(C)s1)NCCNc1ncnc2c1cnn2C. The lowest BCUT2D eigenvalue weighted by Gasteiger charge is -2.12. The van der Waals surface area contributed by atoms with E-state index in [4.69, 9.17) is 0 Å². The summed E-state index contributed by atoms with van der Waals surface area (Å²) in [4.78, 5) is 15.8. The van der Waals surface area contributed by atoms with Crippen LogP contribution in [0.1, 0.15) is 16.7 Å². The number of fused-ring (bicyclic) bond motifs is 1. The van der Waals surface area contributed by atoms with E-state index in [0.29, 0.717) is 13.1 Å². The van der Waals surface area contributed by atoms with Gasteiger partial charge in [-0.25, -0.2) is 15.0 Å². The minimum atomic E-state index is 0.684. The number of thiophene rings is 1. The molecule has 3 rings (SSSR count). The molecule has 3 heterocycles. The molecule has 0 aromatic carbocycles. The molecule has 3 aromatic rings. The Balaban J connectivity index is 1.52. The molecule has 0 saturated carbocycles. The number of aliphatic imine (C=N–C) groups is 1. The number of aryl methyl sites for hydroxylation is 2. The molecule has 0 unspecified atom stereocenters. The van der Waals surface area contributed by atoms with Crippen LogP contribution in [0.5, 0.6) is 0 Å². The molecule has 0 fully saturated rings. The summed E-state index contributed by atoms with van der Waals surface area (Å²) in [6.45, 7) is 7.11. The molecule has 8 nitrogen and oxygen atoms in total. The lowest BCUT2D eigenvalue weighted by molar-refractivity contribution is 0.785. The van der Waals surface area contributed by atoms with Crippen molar-refractivity contribution in [1.82, 2.24) is 30.4 Å². The number of anilines is 1. The highest BCUT2D eigenvalue weighted by Gasteiger charge is 2.07. The van der Waals surface area contributed by atoms with Gasteiger partial charge in [-0.1, -0.05) is 0 Å². The van der Waals surface area contributed by atoms with Crippen molar-refractivity contribution in [2.75, 3.05) is 25.0 Å². The molecule has 0 aliphatic rings. The summed E-state index contributed by atoms with van der Waals surface area (Å²) in [5.41, 5.74) is 0.816. The standard InChI is InChI=1S/C17H24N8S/c1-4-18-17(21-9-13-6-5-12(2)26-13)20-8-7-19-15-14-10-24-25(3)16(14)23-11-22-15/h5-6,10-11H,4,7-9H2,1-3H3,(H2,18,20,21)(H,19,22,23). The lowest BCUT2D eigenvalue weighted by atomic mass is 10.4. The maximum Gasteiger partial charge on any atom is 0.191 e. The van der Waals surface area contributed by atoms with Crippen molar-refractivity contribution < 1.29 is 0 Å². The van der Waals surface area contributed by atoms with Gasteiger partial charge in [0.2, 0.25) is 0 Å². The van der Waals surface area contributed by atoms with Gasteiger partial charge in [-0.15, -0.1) is 11.3 Å². The number of aromatic nitrogens is 4. The Morgan fingerprint density at radius 1 is 1.23 bits per heavy atom. The van der Waals surface area contributed by atoms with Crippen LogP contribution in [0.2, 0.25) is 0 Å². The number of nitrogens with zero attached hydrogens (tertiary/aromatic N) is 5. The fraction of sp³-hybridized carbons (Fsp3) is 0.412. The van der Waals surface area contributed by atoms with Gasteiger partial charge in [-0.05, 0) is 26.0 Å². The van der Waals surface area contributed by atoms with Crippen molar-refractivity contribution in [2.45, 2.75) is 20.4 Å². The normalized spacial score (nSPS) is 11.7. The molecule has 0 amide bonds. The van der Waals surface area contributed by atoms with Gasteiger partial charge in [-0.2, -0.15) is 5.10 Å². The van der Waals surface area contributed by atoms with Crippen molar-refractivity contribution in [3.05, 3.63) is 34.4 Å². The van der Waals surface area contributed by atoms with E-state index in [0.717, 1.165) is 35.9 Å². The summed E-state index contributed by atoms with van der Waals surface area (Å²) >= 11 is 1.78. The average Bonchev–Trinajstić information content (AvgIpc) is 3.23. The molecule has 0 aliphatic heterocycles. The van der Waals surface area contributed by atoms with Gasteiger partial charge in [0.25, 0.3) is 0 Å². The second kappa shape index (κ2) is 8.61. The largest absolute Gasteiger partial charge is 0.368 e. The van der Waals surface area contributed by atoms with E-state index in [9.17, 15) is 0 Å². The van der Waals surface area contributed by atoms with E-state index < -0.39 is 0 Å². The summed E-state index contributed by atoms with van der Waals surface area (Å²) in [5.74, 6) is 1.61. The highest BCUT2D eigenvalue weighted by molar-refractivity contribution is 7.11. The molecule has 26 heavy (non-hydrogen) atoms. The number of rotatable bonds is 7. The number of guanidine groups is 1. The molecule has 3 N–H and O–H groups in total. The van der Waals surface area contributed by atoms with E-state index >= 15 is 0 Å². The highest BCUT2D eigenvalue weighted by Crippen LogP contribution is 2.17. The van der Waals surface area contributed by atoms with Crippen molar-refractivity contribution >= 4 is 34.1 Å². The molecule has 0 bridgehead atoms. The second-order valence-corrected chi connectivity index (χ2v) is 7.16. The second-order valence-electron chi connectivity index (χ2n) is 5.79. The zero-order valence-corrected chi connectivity index (χ0v) is 16.1. The monoisotopic (exact) mass is 372 g/mol. The molecular weight excluding hydrogens is 348 g/mol. The van der Waals surface area contributed by atoms with Gasteiger partial charge in [0.05, 0.1) is 18.1 Å². The van der Waals surface area contributed by atoms with Crippen LogP contribution in [0.15, 0.2) is 29.6 Å². The van der Waals surface area contributed by atoms with Crippen LogP contribution in [0.25, 0.3) is 11.0 Å². The first-order valence-electron chi connectivity index (χ1n) is 8.61. The zero-order valence-electron chi connectivity index (χ0n) is 15.3. The van der Waals surface area contributed by atoms with Crippen LogP contribution in [-0.2, 0) is 13.6 Å². The van der Waals surface area contributed by atoms with Crippen molar-refractivity contribution in [3.8, 4) is 0 Å². The van der Waals surface area contributed by atoms with Crippen LogP contribution in [0.4, 0.5) is 5.82 Å². The van der Waals surface area contributed by atoms with E-state index in [1.54, 1.807) is 28.5 Å². The molecular formula is C17H24N8S. The molecule has 0 aliphatic carbocycles. The third kappa shape index (κ3) is 4.48. The van der Waals surface area contributed by atoms with Gasteiger partial charge < -0.3 is 16.0 Å². The molecule has 9 heteroatoms. The lowest BCUT2D eigenvalue weighted by Crippen LogP contribution is -2.39. The number of hydrogen-bond donors (Lipinski definition) is 3. The molecule has 0 spiro atoms. The van der Waals surface area contributed by atoms with Gasteiger partial charge in [0, 0.05) is 36.4 Å². The quantitative estimate of drug-likeness (QED) is 0.333. The van der Waals surface area contributed by atoms with Crippen molar-refractivity contribution in [2.24, 2.45) is 12.0 Å². The van der Waals surface area contributed by atoms with E-state index in [2.05, 4.69) is 62.0 Å². The predicted molar refractivity (Wildman–Crippen MR) is 107 cm³/mol. The maximum absolute atomic E-state index is 4.63. The molecule has 138 valence electrons. The Kier molecular flexibility index (Phi) is 6.00. The van der Waals surface area contributed by atoms with E-state index in [1.165, 1.54) is 9.75 Å². The van der Waals surface area contributed by atoms with E-state index in [1.807, 2.05) is 7.05 Å². The maximum atomic E-state index is 4.63. The van der Waals surface area contributed by atoms with Crippen LogP contribution in [0.3, 0.4) is 0 Å². The summed E-state index contributed by atoms with van der Waals surface area (Å²) in [7, 11) is 1.87. The van der Waals surface area contributed by atoms with Gasteiger partial charge in [0.15, 0.2) is 11.6 Å². The Labute approximate surface area is 156 Å². The third-order valence-electron chi connectivity index (χ3n) is 3.77. The number of nitrogens with one attached hydrogen (secondary N) is 3. The number of hydrogen-bond acceptors (Lipinski definition) is 6. The highest BCUT2D eigenvalue weighted by atomic mass is 32.1. The summed E-state index contributed by atoms with van der Waals surface area (Å²) in [5, 5.41) is 15.1. The molecule has 3 aromatic heterocycles.